The summed E-state index contributed by atoms with van der Waals surface area (Å²) in [6.07, 6.45) is 8.23. The van der Waals surface area contributed by atoms with Gasteiger partial charge in [-0.25, -0.2) is 15.0 Å². The van der Waals surface area contributed by atoms with Crippen molar-refractivity contribution in [3.8, 4) is 11.4 Å². The molecule has 0 saturated heterocycles. The molecule has 1 aliphatic carbocycles. The standard InChI is InChI=1S/C18H17N9/c1-2-11-8-14-18(27(10-20-14)13-4-5-13)21-17(11)26(7-1)15-6-3-12(9-19-15)16-22-24-25-23-16/h3,6,8-10,13H,1-2,4-5,7H2,(H,22,23,24,25). The fourth-order valence-electron chi connectivity index (χ4n) is 3.74. The predicted molar refractivity (Wildman–Crippen MR) is 98.5 cm³/mol. The van der Waals surface area contributed by atoms with Crippen LogP contribution in [0.15, 0.2) is 30.7 Å². The maximum atomic E-state index is 5.01. The first-order chi connectivity index (χ1) is 13.4. The third kappa shape index (κ3) is 2.38. The molecule has 1 N–H and O–H groups in total. The van der Waals surface area contributed by atoms with Gasteiger partial charge in [0, 0.05) is 24.3 Å². The number of anilines is 2. The fraction of sp³-hybridized carbons (Fsp3) is 0.333. The number of pyridine rings is 2. The average molecular weight is 359 g/mol. The number of hydrogen-bond acceptors (Lipinski definition) is 7. The number of nitrogens with one attached hydrogen (secondary N) is 1. The highest BCUT2D eigenvalue weighted by molar-refractivity contribution is 5.78. The normalized spacial score (nSPS) is 16.7. The number of tetrazole rings is 1. The molecule has 2 aliphatic rings. The molecule has 0 atom stereocenters. The van der Waals surface area contributed by atoms with Crippen molar-refractivity contribution in [1.82, 2.24) is 40.1 Å². The number of aromatic amines is 1. The Bertz CT molecular complexity index is 1110. The summed E-state index contributed by atoms with van der Waals surface area (Å²) in [5.74, 6) is 2.42. The van der Waals surface area contributed by atoms with Crippen LogP contribution < -0.4 is 4.90 Å². The Labute approximate surface area is 154 Å². The van der Waals surface area contributed by atoms with Crippen molar-refractivity contribution in [3.63, 3.8) is 0 Å². The van der Waals surface area contributed by atoms with Gasteiger partial charge < -0.3 is 9.47 Å². The number of imidazole rings is 1. The lowest BCUT2D eigenvalue weighted by molar-refractivity contribution is 0.735. The van der Waals surface area contributed by atoms with Crippen molar-refractivity contribution in [3.05, 3.63) is 36.3 Å². The van der Waals surface area contributed by atoms with Gasteiger partial charge in [0.05, 0.1) is 6.33 Å². The molecule has 5 heterocycles. The van der Waals surface area contributed by atoms with E-state index >= 15 is 0 Å². The Morgan fingerprint density at radius 1 is 1.15 bits per heavy atom. The molecular weight excluding hydrogens is 342 g/mol. The minimum atomic E-state index is 0.543. The van der Waals surface area contributed by atoms with Crippen LogP contribution in [0, 0.1) is 0 Å². The summed E-state index contributed by atoms with van der Waals surface area (Å²) in [6, 6.07) is 6.71. The maximum Gasteiger partial charge on any atom is 0.206 e. The molecule has 27 heavy (non-hydrogen) atoms. The Kier molecular flexibility index (Phi) is 3.05. The van der Waals surface area contributed by atoms with E-state index in [1.807, 2.05) is 18.5 Å². The number of aromatic nitrogens is 8. The van der Waals surface area contributed by atoms with Crippen molar-refractivity contribution >= 4 is 22.8 Å². The van der Waals surface area contributed by atoms with Gasteiger partial charge >= 0.3 is 0 Å². The molecule has 0 spiro atoms. The van der Waals surface area contributed by atoms with Crippen molar-refractivity contribution < 1.29 is 0 Å². The lowest BCUT2D eigenvalue weighted by Gasteiger charge is -2.29. The van der Waals surface area contributed by atoms with Gasteiger partial charge in [-0.1, -0.05) is 0 Å². The molecule has 0 bridgehead atoms. The summed E-state index contributed by atoms with van der Waals surface area (Å²) in [5, 5.41) is 14.1. The molecule has 9 nitrogen and oxygen atoms in total. The molecule has 4 aromatic rings. The highest BCUT2D eigenvalue weighted by Crippen LogP contribution is 2.39. The van der Waals surface area contributed by atoms with Crippen LogP contribution in [0.5, 0.6) is 0 Å². The van der Waals surface area contributed by atoms with E-state index in [4.69, 9.17) is 4.98 Å². The zero-order valence-electron chi connectivity index (χ0n) is 14.6. The van der Waals surface area contributed by atoms with Gasteiger partial charge in [-0.15, -0.1) is 10.2 Å². The first kappa shape index (κ1) is 14.8. The van der Waals surface area contributed by atoms with Crippen molar-refractivity contribution in [1.29, 1.82) is 0 Å². The fourth-order valence-corrected chi connectivity index (χ4v) is 3.74. The van der Waals surface area contributed by atoms with Crippen molar-refractivity contribution in [2.75, 3.05) is 11.4 Å². The third-order valence-electron chi connectivity index (χ3n) is 5.26. The molecule has 0 aromatic carbocycles. The molecule has 0 amide bonds. The Balaban J connectivity index is 1.42. The number of rotatable bonds is 3. The summed E-state index contributed by atoms with van der Waals surface area (Å²) in [5.41, 5.74) is 4.04. The number of fused-ring (bicyclic) bond motifs is 2. The van der Waals surface area contributed by atoms with E-state index in [0.717, 1.165) is 47.7 Å². The van der Waals surface area contributed by atoms with Crippen LogP contribution in [0.2, 0.25) is 0 Å². The largest absolute Gasteiger partial charge is 0.312 e. The quantitative estimate of drug-likeness (QED) is 0.599. The van der Waals surface area contributed by atoms with Gasteiger partial charge in [0.2, 0.25) is 5.82 Å². The van der Waals surface area contributed by atoms with Gasteiger partial charge in [0.15, 0.2) is 5.65 Å². The molecule has 4 aromatic heterocycles. The Morgan fingerprint density at radius 3 is 2.89 bits per heavy atom. The average Bonchev–Trinajstić information content (AvgIpc) is 3.25. The second-order valence-corrected chi connectivity index (χ2v) is 7.09. The minimum Gasteiger partial charge on any atom is -0.312 e. The zero-order chi connectivity index (χ0) is 17.8. The second kappa shape index (κ2) is 5.57. The molecule has 1 saturated carbocycles. The van der Waals surface area contributed by atoms with E-state index < -0.39 is 0 Å². The van der Waals surface area contributed by atoms with Crippen LogP contribution in [-0.2, 0) is 6.42 Å². The molecule has 1 aliphatic heterocycles. The van der Waals surface area contributed by atoms with E-state index in [2.05, 4.69) is 46.1 Å². The summed E-state index contributed by atoms with van der Waals surface area (Å²) in [6.45, 7) is 0.900. The smallest absolute Gasteiger partial charge is 0.206 e. The lowest BCUT2D eigenvalue weighted by atomic mass is 10.1. The highest BCUT2D eigenvalue weighted by Gasteiger charge is 2.28. The zero-order valence-corrected chi connectivity index (χ0v) is 14.6. The maximum absolute atomic E-state index is 5.01. The molecule has 0 radical (unpaired) electrons. The van der Waals surface area contributed by atoms with E-state index in [1.54, 1.807) is 6.20 Å². The molecular formula is C18H17N9. The number of aryl methyl sites for hydroxylation is 1. The van der Waals surface area contributed by atoms with E-state index in [9.17, 15) is 0 Å². The molecule has 1 fully saturated rings. The van der Waals surface area contributed by atoms with Crippen LogP contribution in [0.3, 0.4) is 0 Å². The van der Waals surface area contributed by atoms with Crippen LogP contribution >= 0.6 is 0 Å². The van der Waals surface area contributed by atoms with Crippen LogP contribution in [0.4, 0.5) is 11.6 Å². The summed E-state index contributed by atoms with van der Waals surface area (Å²) < 4.78 is 2.22. The first-order valence-corrected chi connectivity index (χ1v) is 9.21. The van der Waals surface area contributed by atoms with E-state index in [-0.39, 0.29) is 0 Å². The Hall–Kier alpha value is -3.36. The number of hydrogen-bond donors (Lipinski definition) is 1. The van der Waals surface area contributed by atoms with Gasteiger partial charge in [-0.2, -0.15) is 5.21 Å². The van der Waals surface area contributed by atoms with Crippen molar-refractivity contribution in [2.24, 2.45) is 0 Å². The number of H-pyrrole nitrogens is 1. The SMILES string of the molecule is c1cc(N2CCCc3cc4ncn(C5CC5)c4nc32)ncc1-c1nn[nH]n1. The number of nitrogens with zero attached hydrogens (tertiary/aromatic N) is 8. The van der Waals surface area contributed by atoms with Crippen LogP contribution in [-0.4, -0.2) is 46.7 Å². The topological polar surface area (TPSA) is 101 Å². The lowest BCUT2D eigenvalue weighted by Crippen LogP contribution is -2.26. The van der Waals surface area contributed by atoms with E-state index in [1.165, 1.54) is 18.4 Å². The third-order valence-corrected chi connectivity index (χ3v) is 5.26. The molecule has 6 rings (SSSR count). The summed E-state index contributed by atoms with van der Waals surface area (Å²) in [7, 11) is 0. The van der Waals surface area contributed by atoms with Gasteiger partial charge in [-0.3, -0.25) is 0 Å². The van der Waals surface area contributed by atoms with Crippen molar-refractivity contribution in [2.45, 2.75) is 31.7 Å². The van der Waals surface area contributed by atoms with Crippen LogP contribution in [0.1, 0.15) is 30.9 Å². The second-order valence-electron chi connectivity index (χ2n) is 7.09. The molecule has 9 heteroatoms. The molecule has 0 unspecified atom stereocenters. The van der Waals surface area contributed by atoms with E-state index in [0.29, 0.717) is 11.9 Å². The first-order valence-electron chi connectivity index (χ1n) is 9.21. The van der Waals surface area contributed by atoms with Crippen LogP contribution in [0.25, 0.3) is 22.6 Å². The van der Waals surface area contributed by atoms with Gasteiger partial charge in [-0.05, 0) is 54.7 Å². The monoisotopic (exact) mass is 359 g/mol. The van der Waals surface area contributed by atoms with Gasteiger partial charge in [0.25, 0.3) is 0 Å². The molecule has 134 valence electrons. The highest BCUT2D eigenvalue weighted by atomic mass is 15.5. The summed E-state index contributed by atoms with van der Waals surface area (Å²) >= 11 is 0. The predicted octanol–water partition coefficient (Wildman–Crippen LogP) is 2.43. The summed E-state index contributed by atoms with van der Waals surface area (Å²) in [4.78, 5) is 16.4. The van der Waals surface area contributed by atoms with Gasteiger partial charge in [0.1, 0.15) is 17.2 Å². The minimum absolute atomic E-state index is 0.543. The Morgan fingerprint density at radius 2 is 2.11 bits per heavy atom.